The van der Waals surface area contributed by atoms with Crippen LogP contribution in [0.5, 0.6) is 0 Å². The summed E-state index contributed by atoms with van der Waals surface area (Å²) in [7, 11) is -0.915. The molecule has 1 aliphatic rings. The zero-order valence-corrected chi connectivity index (χ0v) is 16.1. The maximum atomic E-state index is 13.4. The summed E-state index contributed by atoms with van der Waals surface area (Å²) in [5.74, 6) is -0.369. The minimum Gasteiger partial charge on any atom is -0.399 e. The van der Waals surface area contributed by atoms with E-state index in [0.29, 0.717) is 5.46 Å². The molecule has 0 aliphatic carbocycles. The highest BCUT2D eigenvalue weighted by atomic mass is 19.4. The molecule has 0 radical (unpaired) electrons. The molecule has 1 saturated heterocycles. The van der Waals surface area contributed by atoms with Crippen LogP contribution in [-0.4, -0.2) is 28.3 Å². The Bertz CT molecular complexity index is 889. The molecule has 2 aromatic rings. The molecule has 1 aromatic heterocycles. The van der Waals surface area contributed by atoms with Gasteiger partial charge >= 0.3 is 13.3 Å². The first-order chi connectivity index (χ1) is 13.3. The maximum absolute atomic E-state index is 13.4. The topological polar surface area (TPSA) is 56.3 Å². The fraction of sp³-hybridized carbons (Fsp3) is 0.444. The normalized spacial score (nSPS) is 18.3. The van der Waals surface area contributed by atoms with Crippen LogP contribution in [-0.2, 0) is 15.5 Å². The summed E-state index contributed by atoms with van der Waals surface area (Å²) in [5, 5.41) is 2.55. The third-order valence-electron chi connectivity index (χ3n) is 4.96. The van der Waals surface area contributed by atoms with E-state index in [2.05, 4.69) is 15.3 Å². The van der Waals surface area contributed by atoms with Crippen molar-refractivity contribution in [3.63, 3.8) is 0 Å². The highest BCUT2D eigenvalue weighted by molar-refractivity contribution is 6.62. The summed E-state index contributed by atoms with van der Waals surface area (Å²) >= 11 is 0. The van der Waals surface area contributed by atoms with Gasteiger partial charge in [-0.25, -0.2) is 18.7 Å². The van der Waals surface area contributed by atoms with Crippen LogP contribution in [0.15, 0.2) is 30.5 Å². The van der Waals surface area contributed by atoms with Crippen molar-refractivity contribution in [3.05, 3.63) is 41.7 Å². The van der Waals surface area contributed by atoms with Gasteiger partial charge in [0.2, 0.25) is 5.95 Å². The summed E-state index contributed by atoms with van der Waals surface area (Å²) < 4.78 is 77.1. The van der Waals surface area contributed by atoms with E-state index in [1.54, 1.807) is 0 Å². The lowest BCUT2D eigenvalue weighted by molar-refractivity contribution is -0.141. The van der Waals surface area contributed by atoms with Crippen molar-refractivity contribution in [1.82, 2.24) is 9.97 Å². The minimum absolute atomic E-state index is 0.0897. The van der Waals surface area contributed by atoms with Gasteiger partial charge in [0.15, 0.2) is 0 Å². The zero-order valence-electron chi connectivity index (χ0n) is 16.1. The number of hydrogen-bond acceptors (Lipinski definition) is 5. The van der Waals surface area contributed by atoms with E-state index in [1.807, 2.05) is 27.7 Å². The van der Waals surface area contributed by atoms with Gasteiger partial charge in [-0.15, -0.1) is 0 Å². The number of nitrogens with one attached hydrogen (secondary N) is 1. The molecule has 0 spiro atoms. The number of aromatic nitrogens is 2. The summed E-state index contributed by atoms with van der Waals surface area (Å²) in [5.41, 5.74) is -2.47. The fourth-order valence-corrected chi connectivity index (χ4v) is 2.70. The van der Waals surface area contributed by atoms with Crippen LogP contribution in [0.2, 0.25) is 0 Å². The van der Waals surface area contributed by atoms with Crippen molar-refractivity contribution in [1.29, 1.82) is 0 Å². The van der Waals surface area contributed by atoms with Crippen molar-refractivity contribution in [2.24, 2.45) is 0 Å². The zero-order chi connectivity index (χ0) is 21.6. The van der Waals surface area contributed by atoms with Crippen molar-refractivity contribution < 1.29 is 31.3 Å². The molecule has 156 valence electrons. The van der Waals surface area contributed by atoms with Gasteiger partial charge in [-0.1, -0.05) is 6.07 Å². The van der Waals surface area contributed by atoms with E-state index in [9.17, 15) is 22.0 Å². The molecule has 1 aliphatic heterocycles. The largest absolute Gasteiger partial charge is 0.494 e. The summed E-state index contributed by atoms with van der Waals surface area (Å²) in [6, 6.07) is 4.53. The Labute approximate surface area is 164 Å². The van der Waals surface area contributed by atoms with Gasteiger partial charge in [-0.05, 0) is 51.4 Å². The smallest absolute Gasteiger partial charge is 0.399 e. The summed E-state index contributed by atoms with van der Waals surface area (Å²) in [6.45, 7) is 7.28. The van der Waals surface area contributed by atoms with Gasteiger partial charge in [0, 0.05) is 17.4 Å². The summed E-state index contributed by atoms with van der Waals surface area (Å²) in [4.78, 5) is 7.11. The Morgan fingerprint density at radius 3 is 2.21 bits per heavy atom. The van der Waals surface area contributed by atoms with Gasteiger partial charge < -0.3 is 14.6 Å². The molecule has 3 rings (SSSR count). The van der Waals surface area contributed by atoms with Gasteiger partial charge in [0.05, 0.1) is 11.2 Å². The fourth-order valence-electron chi connectivity index (χ4n) is 2.70. The second-order valence-corrected chi connectivity index (χ2v) is 7.67. The standard InChI is InChI=1S/C18H19BF5N3O2/c1-16(2)17(3,4)29-19(28-16)11-7-10(14(20)21)8-12(9-11)26-15-25-6-5-13(27-15)18(22,23)24/h5-9,14H,1-4H3,(H,25,26,27). The molecule has 0 saturated carbocycles. The third-order valence-corrected chi connectivity index (χ3v) is 4.96. The molecular weight excluding hydrogens is 396 g/mol. The van der Waals surface area contributed by atoms with Crippen LogP contribution < -0.4 is 10.8 Å². The Balaban J connectivity index is 1.95. The predicted octanol–water partition coefficient (Wildman–Crippen LogP) is 4.48. The third kappa shape index (κ3) is 4.50. The van der Waals surface area contributed by atoms with Crippen molar-refractivity contribution in [3.8, 4) is 0 Å². The lowest BCUT2D eigenvalue weighted by Crippen LogP contribution is -2.41. The molecular formula is C18H19BF5N3O2. The van der Waals surface area contributed by atoms with Crippen LogP contribution in [0.3, 0.4) is 0 Å². The van der Waals surface area contributed by atoms with Crippen LogP contribution in [0, 0.1) is 0 Å². The SMILES string of the molecule is CC1(C)OB(c2cc(Nc3nccc(C(F)(F)F)n3)cc(C(F)F)c2)OC1(C)C. The van der Waals surface area contributed by atoms with Gasteiger partial charge in [0.25, 0.3) is 6.43 Å². The van der Waals surface area contributed by atoms with Gasteiger partial charge in [-0.3, -0.25) is 0 Å². The van der Waals surface area contributed by atoms with E-state index in [-0.39, 0.29) is 17.2 Å². The number of hydrogen-bond donors (Lipinski definition) is 1. The first kappa shape index (κ1) is 21.4. The van der Waals surface area contributed by atoms with E-state index in [4.69, 9.17) is 9.31 Å². The molecule has 1 fully saturated rings. The van der Waals surface area contributed by atoms with Crippen molar-refractivity contribution in [2.45, 2.75) is 51.5 Å². The van der Waals surface area contributed by atoms with Gasteiger partial charge in [-0.2, -0.15) is 13.2 Å². The number of anilines is 2. The van der Waals surface area contributed by atoms with Crippen LogP contribution in [0.1, 0.15) is 45.4 Å². The number of benzene rings is 1. The highest BCUT2D eigenvalue weighted by Crippen LogP contribution is 2.37. The monoisotopic (exact) mass is 415 g/mol. The van der Waals surface area contributed by atoms with Crippen molar-refractivity contribution in [2.75, 3.05) is 5.32 Å². The van der Waals surface area contributed by atoms with Crippen molar-refractivity contribution >= 4 is 24.2 Å². The molecule has 11 heteroatoms. The van der Waals surface area contributed by atoms with E-state index in [1.165, 1.54) is 12.1 Å². The maximum Gasteiger partial charge on any atom is 0.494 e. The molecule has 0 atom stereocenters. The van der Waals surface area contributed by atoms with Gasteiger partial charge in [0.1, 0.15) is 5.69 Å². The lowest BCUT2D eigenvalue weighted by atomic mass is 9.78. The van der Waals surface area contributed by atoms with Crippen LogP contribution in [0.4, 0.5) is 33.6 Å². The average Bonchev–Trinajstić information content (AvgIpc) is 2.82. The quantitative estimate of drug-likeness (QED) is 0.590. The number of nitrogens with zero attached hydrogens (tertiary/aromatic N) is 2. The molecule has 2 heterocycles. The first-order valence-electron chi connectivity index (χ1n) is 8.74. The second kappa shape index (κ2) is 7.21. The predicted molar refractivity (Wildman–Crippen MR) is 97.4 cm³/mol. The molecule has 29 heavy (non-hydrogen) atoms. The Kier molecular flexibility index (Phi) is 5.33. The Morgan fingerprint density at radius 2 is 1.66 bits per heavy atom. The molecule has 1 aromatic carbocycles. The Hall–Kier alpha value is -2.27. The first-order valence-corrected chi connectivity index (χ1v) is 8.74. The van der Waals surface area contributed by atoms with E-state index >= 15 is 0 Å². The van der Waals surface area contributed by atoms with Crippen LogP contribution >= 0.6 is 0 Å². The second-order valence-electron chi connectivity index (χ2n) is 7.67. The lowest BCUT2D eigenvalue weighted by Gasteiger charge is -2.32. The molecule has 1 N–H and O–H groups in total. The van der Waals surface area contributed by atoms with Crippen LogP contribution in [0.25, 0.3) is 0 Å². The number of alkyl halides is 5. The molecule has 0 bridgehead atoms. The van der Waals surface area contributed by atoms with E-state index in [0.717, 1.165) is 18.3 Å². The highest BCUT2D eigenvalue weighted by Gasteiger charge is 2.51. The minimum atomic E-state index is -4.65. The Morgan fingerprint density at radius 1 is 1.03 bits per heavy atom. The molecule has 0 amide bonds. The molecule has 5 nitrogen and oxygen atoms in total. The van der Waals surface area contributed by atoms with E-state index < -0.39 is 36.6 Å². The number of rotatable bonds is 4. The summed E-state index contributed by atoms with van der Waals surface area (Å²) in [6.07, 6.45) is -6.53. The average molecular weight is 415 g/mol. The molecule has 0 unspecified atom stereocenters. The number of halogens is 5.